The standard InChI is InChI=1S/C16H20BrNO5/c1-3-23-14-11(17)7-9(8-13(14)22-2)15(19)18-12-6-4-5-10(12)16(20)21/h7-8,10,12H,3-6H2,1-2H3,(H,18,19)(H,20,21)/t10-,12+/m0/s1. The van der Waals surface area contributed by atoms with Crippen molar-refractivity contribution in [1.82, 2.24) is 5.32 Å². The molecule has 7 heteroatoms. The minimum atomic E-state index is -0.863. The average molecular weight is 386 g/mol. The van der Waals surface area contributed by atoms with E-state index in [-0.39, 0.29) is 11.9 Å². The summed E-state index contributed by atoms with van der Waals surface area (Å²) in [6, 6.07) is 2.90. The fourth-order valence-electron chi connectivity index (χ4n) is 2.82. The number of carboxylic acid groups (broad SMARTS) is 1. The van der Waals surface area contributed by atoms with Crippen molar-refractivity contribution in [3.05, 3.63) is 22.2 Å². The van der Waals surface area contributed by atoms with Crippen LogP contribution in [0.4, 0.5) is 0 Å². The highest BCUT2D eigenvalue weighted by Gasteiger charge is 2.34. The molecule has 0 radical (unpaired) electrons. The van der Waals surface area contributed by atoms with Gasteiger partial charge >= 0.3 is 5.97 Å². The fourth-order valence-corrected chi connectivity index (χ4v) is 3.37. The minimum Gasteiger partial charge on any atom is -0.493 e. The Kier molecular flexibility index (Phi) is 5.87. The van der Waals surface area contributed by atoms with Crippen molar-refractivity contribution < 1.29 is 24.2 Å². The van der Waals surface area contributed by atoms with E-state index in [0.717, 1.165) is 6.42 Å². The SMILES string of the molecule is CCOc1c(Br)cc(C(=O)N[C@@H]2CCC[C@@H]2C(=O)O)cc1OC. The van der Waals surface area contributed by atoms with Crippen LogP contribution in [0.15, 0.2) is 16.6 Å². The molecule has 1 aliphatic carbocycles. The van der Waals surface area contributed by atoms with Crippen LogP contribution in [-0.4, -0.2) is 36.7 Å². The lowest BCUT2D eigenvalue weighted by molar-refractivity contribution is -0.142. The number of halogens is 1. The van der Waals surface area contributed by atoms with Crippen molar-refractivity contribution in [1.29, 1.82) is 0 Å². The fraction of sp³-hybridized carbons (Fsp3) is 0.500. The number of aliphatic carboxylic acids is 1. The van der Waals surface area contributed by atoms with Gasteiger partial charge < -0.3 is 19.9 Å². The maximum Gasteiger partial charge on any atom is 0.308 e. The molecule has 2 rings (SSSR count). The van der Waals surface area contributed by atoms with Gasteiger partial charge in [0.2, 0.25) is 0 Å². The third-order valence-corrected chi connectivity index (χ3v) is 4.52. The van der Waals surface area contributed by atoms with Gasteiger partial charge in [-0.15, -0.1) is 0 Å². The second kappa shape index (κ2) is 7.68. The van der Waals surface area contributed by atoms with Gasteiger partial charge in [0.25, 0.3) is 5.91 Å². The van der Waals surface area contributed by atoms with E-state index in [2.05, 4.69) is 21.2 Å². The first-order valence-electron chi connectivity index (χ1n) is 7.51. The van der Waals surface area contributed by atoms with Gasteiger partial charge in [-0.1, -0.05) is 6.42 Å². The zero-order valence-corrected chi connectivity index (χ0v) is 14.7. The highest BCUT2D eigenvalue weighted by Crippen LogP contribution is 2.37. The van der Waals surface area contributed by atoms with E-state index in [0.29, 0.717) is 41.0 Å². The Labute approximate surface area is 143 Å². The molecule has 0 bridgehead atoms. The van der Waals surface area contributed by atoms with Crippen LogP contribution in [0.5, 0.6) is 11.5 Å². The van der Waals surface area contributed by atoms with E-state index in [1.807, 2.05) is 6.92 Å². The van der Waals surface area contributed by atoms with Gasteiger partial charge in [0.15, 0.2) is 11.5 Å². The van der Waals surface area contributed by atoms with Crippen molar-refractivity contribution in [2.45, 2.75) is 32.2 Å². The molecule has 1 fully saturated rings. The highest BCUT2D eigenvalue weighted by atomic mass is 79.9. The van der Waals surface area contributed by atoms with Crippen LogP contribution in [0.25, 0.3) is 0 Å². The van der Waals surface area contributed by atoms with Crippen LogP contribution in [0.1, 0.15) is 36.5 Å². The summed E-state index contributed by atoms with van der Waals surface area (Å²) in [4.78, 5) is 23.6. The van der Waals surface area contributed by atoms with E-state index in [1.54, 1.807) is 12.1 Å². The van der Waals surface area contributed by atoms with Crippen molar-refractivity contribution >= 4 is 27.8 Å². The molecule has 0 aliphatic heterocycles. The first-order valence-corrected chi connectivity index (χ1v) is 8.31. The summed E-state index contributed by atoms with van der Waals surface area (Å²) in [6.45, 7) is 2.33. The summed E-state index contributed by atoms with van der Waals surface area (Å²) in [7, 11) is 1.50. The predicted octanol–water partition coefficient (Wildman–Crippen LogP) is 2.84. The second-order valence-corrected chi connectivity index (χ2v) is 6.23. The molecule has 126 valence electrons. The first kappa shape index (κ1) is 17.6. The number of ether oxygens (including phenoxy) is 2. The van der Waals surface area contributed by atoms with Crippen LogP contribution >= 0.6 is 15.9 Å². The van der Waals surface area contributed by atoms with Gasteiger partial charge in [0.05, 0.1) is 24.1 Å². The van der Waals surface area contributed by atoms with Crippen molar-refractivity contribution in [2.24, 2.45) is 5.92 Å². The zero-order chi connectivity index (χ0) is 17.0. The third kappa shape index (κ3) is 3.96. The van der Waals surface area contributed by atoms with Gasteiger partial charge in [0.1, 0.15) is 0 Å². The van der Waals surface area contributed by atoms with E-state index >= 15 is 0 Å². The average Bonchev–Trinajstić information content (AvgIpc) is 2.97. The summed E-state index contributed by atoms with van der Waals surface area (Å²) in [5.41, 5.74) is 0.396. The number of hydrogen-bond donors (Lipinski definition) is 2. The maximum absolute atomic E-state index is 12.4. The smallest absolute Gasteiger partial charge is 0.308 e. The molecule has 23 heavy (non-hydrogen) atoms. The molecule has 6 nitrogen and oxygen atoms in total. The number of carboxylic acids is 1. The number of methoxy groups -OCH3 is 1. The number of hydrogen-bond acceptors (Lipinski definition) is 4. The second-order valence-electron chi connectivity index (χ2n) is 5.38. The normalized spacial score (nSPS) is 20.1. The Bertz CT molecular complexity index is 604. The summed E-state index contributed by atoms with van der Waals surface area (Å²) in [6.07, 6.45) is 2.08. The molecule has 0 saturated heterocycles. The summed E-state index contributed by atoms with van der Waals surface area (Å²) >= 11 is 3.38. The lowest BCUT2D eigenvalue weighted by atomic mass is 10.0. The Morgan fingerprint density at radius 2 is 2.13 bits per heavy atom. The number of rotatable bonds is 6. The molecule has 0 aromatic heterocycles. The molecule has 1 saturated carbocycles. The largest absolute Gasteiger partial charge is 0.493 e. The molecule has 1 aliphatic rings. The molecule has 0 heterocycles. The van der Waals surface area contributed by atoms with Gasteiger partial charge in [-0.05, 0) is 47.8 Å². The highest BCUT2D eigenvalue weighted by molar-refractivity contribution is 9.10. The molecule has 2 N–H and O–H groups in total. The molecular formula is C16H20BrNO5. The Morgan fingerprint density at radius 1 is 1.39 bits per heavy atom. The molecule has 1 amide bonds. The molecule has 0 spiro atoms. The number of amides is 1. The van der Waals surface area contributed by atoms with E-state index in [1.165, 1.54) is 7.11 Å². The Balaban J connectivity index is 2.19. The van der Waals surface area contributed by atoms with Crippen molar-refractivity contribution in [3.8, 4) is 11.5 Å². The molecule has 2 atom stereocenters. The lowest BCUT2D eigenvalue weighted by Crippen LogP contribution is -2.40. The summed E-state index contributed by atoms with van der Waals surface area (Å²) in [5, 5.41) is 12.0. The number of benzene rings is 1. The van der Waals surface area contributed by atoms with Gasteiger partial charge in [0, 0.05) is 11.6 Å². The van der Waals surface area contributed by atoms with Crippen LogP contribution in [-0.2, 0) is 4.79 Å². The number of carbonyl (C=O) groups excluding carboxylic acids is 1. The molecule has 1 aromatic rings. The lowest BCUT2D eigenvalue weighted by Gasteiger charge is -2.18. The molecule has 1 aromatic carbocycles. The van der Waals surface area contributed by atoms with E-state index < -0.39 is 11.9 Å². The Hall–Kier alpha value is -1.76. The summed E-state index contributed by atoms with van der Waals surface area (Å²) < 4.78 is 11.4. The molecule has 0 unspecified atom stereocenters. The first-order chi connectivity index (χ1) is 11.0. The summed E-state index contributed by atoms with van der Waals surface area (Å²) in [5.74, 6) is -0.709. The topological polar surface area (TPSA) is 84.9 Å². The van der Waals surface area contributed by atoms with Gasteiger partial charge in [-0.2, -0.15) is 0 Å². The van der Waals surface area contributed by atoms with Crippen LogP contribution in [0.3, 0.4) is 0 Å². The van der Waals surface area contributed by atoms with E-state index in [9.17, 15) is 14.7 Å². The number of nitrogens with one attached hydrogen (secondary N) is 1. The zero-order valence-electron chi connectivity index (χ0n) is 13.1. The Morgan fingerprint density at radius 3 is 2.74 bits per heavy atom. The van der Waals surface area contributed by atoms with Crippen molar-refractivity contribution in [2.75, 3.05) is 13.7 Å². The maximum atomic E-state index is 12.4. The van der Waals surface area contributed by atoms with Crippen LogP contribution in [0, 0.1) is 5.92 Å². The minimum absolute atomic E-state index is 0.315. The third-order valence-electron chi connectivity index (χ3n) is 3.93. The van der Waals surface area contributed by atoms with Gasteiger partial charge in [-0.3, -0.25) is 9.59 Å². The molecular weight excluding hydrogens is 366 g/mol. The monoisotopic (exact) mass is 385 g/mol. The van der Waals surface area contributed by atoms with E-state index in [4.69, 9.17) is 9.47 Å². The van der Waals surface area contributed by atoms with Crippen LogP contribution < -0.4 is 14.8 Å². The van der Waals surface area contributed by atoms with Gasteiger partial charge in [-0.25, -0.2) is 0 Å². The van der Waals surface area contributed by atoms with Crippen molar-refractivity contribution in [3.63, 3.8) is 0 Å². The quantitative estimate of drug-likeness (QED) is 0.786. The number of carbonyl (C=O) groups is 2. The van der Waals surface area contributed by atoms with Crippen LogP contribution in [0.2, 0.25) is 0 Å². The predicted molar refractivity (Wildman–Crippen MR) is 88.1 cm³/mol.